The van der Waals surface area contributed by atoms with E-state index < -0.39 is 0 Å². The van der Waals surface area contributed by atoms with E-state index in [2.05, 4.69) is 57.5 Å². The zero-order valence-electron chi connectivity index (χ0n) is 16.9. The van der Waals surface area contributed by atoms with Gasteiger partial charge in [0, 0.05) is 53.9 Å². The summed E-state index contributed by atoms with van der Waals surface area (Å²) >= 11 is 3.24. The number of thiazole rings is 1. The van der Waals surface area contributed by atoms with Gasteiger partial charge in [-0.3, -0.25) is 4.79 Å². The van der Waals surface area contributed by atoms with Crippen LogP contribution < -0.4 is 10.2 Å². The molecule has 3 heterocycles. The number of aromatic nitrogens is 1. The summed E-state index contributed by atoms with van der Waals surface area (Å²) in [4.78, 5) is 22.0. The zero-order chi connectivity index (χ0) is 20.2. The highest BCUT2D eigenvalue weighted by molar-refractivity contribution is 7.14. The van der Waals surface area contributed by atoms with Gasteiger partial charge in [-0.15, -0.1) is 11.3 Å². The summed E-state index contributed by atoms with van der Waals surface area (Å²) < 4.78 is 0. The molecule has 1 aromatic carbocycles. The van der Waals surface area contributed by atoms with E-state index in [0.29, 0.717) is 6.42 Å². The summed E-state index contributed by atoms with van der Waals surface area (Å²) in [5.41, 5.74) is 5.14. The van der Waals surface area contributed by atoms with Crippen LogP contribution in [0.5, 0.6) is 0 Å². The third kappa shape index (κ3) is 4.86. The average molecular weight is 427 g/mol. The summed E-state index contributed by atoms with van der Waals surface area (Å²) in [5, 5.41) is 10.1. The van der Waals surface area contributed by atoms with Gasteiger partial charge in [0.25, 0.3) is 0 Å². The summed E-state index contributed by atoms with van der Waals surface area (Å²) in [5.74, 6) is -0.0282. The van der Waals surface area contributed by atoms with Crippen molar-refractivity contribution in [2.75, 3.05) is 42.9 Å². The van der Waals surface area contributed by atoms with Gasteiger partial charge in [-0.2, -0.15) is 11.3 Å². The van der Waals surface area contributed by atoms with Gasteiger partial charge in [-0.05, 0) is 48.7 Å². The van der Waals surface area contributed by atoms with Crippen molar-refractivity contribution in [1.29, 1.82) is 0 Å². The number of benzene rings is 1. The van der Waals surface area contributed by atoms with Crippen LogP contribution in [0.25, 0.3) is 10.6 Å². The fourth-order valence-corrected chi connectivity index (χ4v) is 5.10. The first-order valence-corrected chi connectivity index (χ1v) is 11.8. The highest BCUT2D eigenvalue weighted by Crippen LogP contribution is 2.27. The van der Waals surface area contributed by atoms with Crippen LogP contribution in [0.2, 0.25) is 0 Å². The molecule has 0 aliphatic carbocycles. The lowest BCUT2D eigenvalue weighted by Crippen LogP contribution is -2.46. The van der Waals surface area contributed by atoms with Crippen molar-refractivity contribution in [1.82, 2.24) is 9.88 Å². The summed E-state index contributed by atoms with van der Waals surface area (Å²) in [6.07, 6.45) is 0.292. The number of likely N-dealkylation sites (N-methyl/N-ethyl adjacent to an activating group) is 1. The number of piperazine rings is 1. The van der Waals surface area contributed by atoms with Crippen LogP contribution in [0, 0.1) is 6.92 Å². The smallest absolute Gasteiger partial charge is 0.230 e. The number of nitrogens with one attached hydrogen (secondary N) is 1. The Morgan fingerprint density at radius 1 is 1.17 bits per heavy atom. The van der Waals surface area contributed by atoms with Gasteiger partial charge in [0.05, 0.1) is 12.1 Å². The fourth-order valence-electron chi connectivity index (χ4n) is 3.57. The van der Waals surface area contributed by atoms with Crippen molar-refractivity contribution in [2.45, 2.75) is 20.3 Å². The van der Waals surface area contributed by atoms with Gasteiger partial charge in [0.1, 0.15) is 5.01 Å². The lowest BCUT2D eigenvalue weighted by Gasteiger charge is -2.35. The molecule has 1 amide bonds. The monoisotopic (exact) mass is 426 g/mol. The molecule has 7 heteroatoms. The van der Waals surface area contributed by atoms with Gasteiger partial charge in [0.15, 0.2) is 0 Å². The molecule has 1 fully saturated rings. The minimum absolute atomic E-state index is 0.0282. The molecule has 1 saturated heterocycles. The quantitative estimate of drug-likeness (QED) is 0.630. The molecule has 5 nitrogen and oxygen atoms in total. The Balaban J connectivity index is 1.36. The second-order valence-corrected chi connectivity index (χ2v) is 8.94. The molecular weight excluding hydrogens is 400 g/mol. The minimum atomic E-state index is -0.0282. The van der Waals surface area contributed by atoms with E-state index in [-0.39, 0.29) is 5.91 Å². The first-order valence-electron chi connectivity index (χ1n) is 9.97. The first kappa shape index (κ1) is 20.1. The molecular formula is C22H26N4OS2. The number of carbonyl (C=O) groups excluding carboxylic acids is 1. The highest BCUT2D eigenvalue weighted by Gasteiger charge is 2.17. The molecule has 0 atom stereocenters. The van der Waals surface area contributed by atoms with Crippen molar-refractivity contribution in [2.24, 2.45) is 0 Å². The Hall–Kier alpha value is -2.22. The normalized spacial score (nSPS) is 14.9. The van der Waals surface area contributed by atoms with E-state index in [1.54, 1.807) is 22.7 Å². The fraction of sp³-hybridized carbons (Fsp3) is 0.364. The molecule has 2 aromatic heterocycles. The molecule has 4 rings (SSSR count). The average Bonchev–Trinajstić information content (AvgIpc) is 3.41. The van der Waals surface area contributed by atoms with Gasteiger partial charge < -0.3 is 15.1 Å². The molecule has 0 radical (unpaired) electrons. The lowest BCUT2D eigenvalue weighted by atomic mass is 10.1. The van der Waals surface area contributed by atoms with Crippen LogP contribution in [0.15, 0.2) is 40.4 Å². The molecule has 1 aliphatic rings. The number of carbonyl (C=O) groups is 1. The van der Waals surface area contributed by atoms with Crippen molar-refractivity contribution >= 4 is 40.0 Å². The van der Waals surface area contributed by atoms with Gasteiger partial charge >= 0.3 is 0 Å². The van der Waals surface area contributed by atoms with E-state index in [1.165, 1.54) is 5.69 Å². The van der Waals surface area contributed by atoms with E-state index in [0.717, 1.165) is 60.2 Å². The SMILES string of the molecule is CCN1CCN(c2ccc(NC(=O)Cc3csc(-c4ccsc4)n3)c(C)c2)CC1. The number of thiophene rings is 1. The zero-order valence-corrected chi connectivity index (χ0v) is 18.5. The van der Waals surface area contributed by atoms with Gasteiger partial charge in [0.2, 0.25) is 5.91 Å². The number of amides is 1. The topological polar surface area (TPSA) is 48.5 Å². The largest absolute Gasteiger partial charge is 0.369 e. The molecule has 1 aliphatic heterocycles. The third-order valence-corrected chi connectivity index (χ3v) is 6.95. The van der Waals surface area contributed by atoms with E-state index in [4.69, 9.17) is 0 Å². The van der Waals surface area contributed by atoms with Gasteiger partial charge in [-0.25, -0.2) is 4.98 Å². The second-order valence-electron chi connectivity index (χ2n) is 7.30. The molecule has 152 valence electrons. The Bertz CT molecular complexity index is 959. The number of anilines is 2. The molecule has 1 N–H and O–H groups in total. The van der Waals surface area contributed by atoms with Crippen molar-refractivity contribution in [3.05, 3.63) is 51.7 Å². The Kier molecular flexibility index (Phi) is 6.28. The van der Waals surface area contributed by atoms with Crippen LogP contribution in [0.1, 0.15) is 18.2 Å². The molecule has 0 unspecified atom stereocenters. The number of hydrogen-bond acceptors (Lipinski definition) is 6. The first-order chi connectivity index (χ1) is 14.1. The van der Waals surface area contributed by atoms with Crippen molar-refractivity contribution < 1.29 is 4.79 Å². The van der Waals surface area contributed by atoms with Crippen LogP contribution in [0.4, 0.5) is 11.4 Å². The molecule has 0 spiro atoms. The maximum atomic E-state index is 12.5. The summed E-state index contributed by atoms with van der Waals surface area (Å²) in [6, 6.07) is 8.36. The number of nitrogens with zero attached hydrogens (tertiary/aromatic N) is 3. The summed E-state index contributed by atoms with van der Waals surface area (Å²) in [7, 11) is 0. The van der Waals surface area contributed by atoms with Gasteiger partial charge in [-0.1, -0.05) is 6.92 Å². The number of hydrogen-bond donors (Lipinski definition) is 1. The van der Waals surface area contributed by atoms with Crippen molar-refractivity contribution in [3.63, 3.8) is 0 Å². The summed E-state index contributed by atoms with van der Waals surface area (Å²) in [6.45, 7) is 9.70. The maximum Gasteiger partial charge on any atom is 0.230 e. The number of aryl methyl sites for hydroxylation is 1. The number of rotatable bonds is 6. The van der Waals surface area contributed by atoms with E-state index in [1.807, 2.05) is 16.8 Å². The third-order valence-electron chi connectivity index (χ3n) is 5.33. The molecule has 0 saturated carbocycles. The standard InChI is InChI=1S/C22H26N4OS2/c1-3-25-7-9-26(10-8-25)19-4-5-20(16(2)12-19)24-21(27)13-18-15-29-22(23-18)17-6-11-28-14-17/h4-6,11-12,14-15H,3,7-10,13H2,1-2H3,(H,24,27). The maximum absolute atomic E-state index is 12.5. The Morgan fingerprint density at radius 2 is 2.00 bits per heavy atom. The van der Waals surface area contributed by atoms with E-state index in [9.17, 15) is 4.79 Å². The van der Waals surface area contributed by atoms with Crippen LogP contribution in [-0.2, 0) is 11.2 Å². The molecule has 0 bridgehead atoms. The Morgan fingerprint density at radius 3 is 2.69 bits per heavy atom. The highest BCUT2D eigenvalue weighted by atomic mass is 32.1. The second kappa shape index (κ2) is 9.07. The molecule has 3 aromatic rings. The molecule has 29 heavy (non-hydrogen) atoms. The minimum Gasteiger partial charge on any atom is -0.369 e. The predicted octanol–water partition coefficient (Wildman–Crippen LogP) is 4.50. The van der Waals surface area contributed by atoms with Crippen molar-refractivity contribution in [3.8, 4) is 10.6 Å². The predicted molar refractivity (Wildman–Crippen MR) is 123 cm³/mol. The Labute approximate surface area is 180 Å². The lowest BCUT2D eigenvalue weighted by molar-refractivity contribution is -0.115. The van der Waals surface area contributed by atoms with Crippen LogP contribution in [-0.4, -0.2) is 48.5 Å². The van der Waals surface area contributed by atoms with Crippen LogP contribution in [0.3, 0.4) is 0 Å². The van der Waals surface area contributed by atoms with E-state index >= 15 is 0 Å². The van der Waals surface area contributed by atoms with Crippen LogP contribution >= 0.6 is 22.7 Å².